The molecule has 0 aromatic heterocycles. The Morgan fingerprint density at radius 3 is 2.60 bits per heavy atom. The van der Waals surface area contributed by atoms with E-state index in [1.54, 1.807) is 0 Å². The fraction of sp³-hybridized carbons (Fsp3) is 0.600. The maximum absolute atomic E-state index is 14.0. The van der Waals surface area contributed by atoms with E-state index >= 15 is 0 Å². The molecule has 1 aliphatic heterocycles. The Balaban J connectivity index is 2.05. The van der Waals surface area contributed by atoms with Gasteiger partial charge in [0.05, 0.1) is 6.61 Å². The first kappa shape index (κ1) is 15.2. The van der Waals surface area contributed by atoms with Gasteiger partial charge in [-0.1, -0.05) is 13.8 Å². The van der Waals surface area contributed by atoms with Gasteiger partial charge in [-0.15, -0.1) is 0 Å². The maximum atomic E-state index is 14.0. The van der Waals surface area contributed by atoms with E-state index in [-0.39, 0.29) is 17.9 Å². The summed E-state index contributed by atoms with van der Waals surface area (Å²) in [6.07, 6.45) is 1.34. The average molecular weight is 285 g/mol. The van der Waals surface area contributed by atoms with Crippen molar-refractivity contribution in [3.8, 4) is 5.75 Å². The highest BCUT2D eigenvalue weighted by Crippen LogP contribution is 2.26. The summed E-state index contributed by atoms with van der Waals surface area (Å²) in [7, 11) is 0. The predicted octanol–water partition coefficient (Wildman–Crippen LogP) is 3.02. The van der Waals surface area contributed by atoms with Crippen LogP contribution < -0.4 is 10.1 Å². The van der Waals surface area contributed by atoms with E-state index < -0.39 is 11.6 Å². The minimum atomic E-state index is -0.656. The molecule has 0 spiro atoms. The summed E-state index contributed by atoms with van der Waals surface area (Å²) in [5.74, 6) is -1.61. The van der Waals surface area contributed by atoms with Crippen molar-refractivity contribution in [3.63, 3.8) is 0 Å². The zero-order chi connectivity index (χ0) is 14.5. The second kappa shape index (κ2) is 6.99. The molecule has 1 heterocycles. The minimum Gasteiger partial charge on any atom is -0.482 e. The number of hydrogen-bond donors (Lipinski definition) is 1. The van der Waals surface area contributed by atoms with Crippen LogP contribution in [0.2, 0.25) is 0 Å². The maximum Gasteiger partial charge on any atom is 0.191 e. The summed E-state index contributed by atoms with van der Waals surface area (Å²) in [6.45, 7) is 5.46. The van der Waals surface area contributed by atoms with Gasteiger partial charge >= 0.3 is 0 Å². The molecule has 0 radical (unpaired) electrons. The summed E-state index contributed by atoms with van der Waals surface area (Å²) in [6, 6.07) is 2.89. The number of rotatable bonds is 5. The van der Waals surface area contributed by atoms with Gasteiger partial charge in [-0.2, -0.15) is 0 Å². The molecule has 0 bridgehead atoms. The molecule has 1 aromatic rings. The Bertz CT molecular complexity index is 422. The van der Waals surface area contributed by atoms with Crippen molar-refractivity contribution < 1.29 is 18.3 Å². The van der Waals surface area contributed by atoms with Crippen molar-refractivity contribution in [1.29, 1.82) is 0 Å². The van der Waals surface area contributed by atoms with Crippen LogP contribution in [0.3, 0.4) is 0 Å². The SMILES string of the molecule is CC(C)NCc1cc(F)c(OC2CCCOC2)c(F)c1. The standard InChI is InChI=1S/C15H21F2NO2/c1-10(2)18-8-11-6-13(16)15(14(17)7-11)20-12-4-3-5-19-9-12/h6-7,10,12,18H,3-5,8-9H2,1-2H3. The molecule has 0 saturated carbocycles. The molecule has 3 nitrogen and oxygen atoms in total. The summed E-state index contributed by atoms with van der Waals surface area (Å²) in [5.41, 5.74) is 0.570. The molecule has 2 rings (SSSR count). The zero-order valence-corrected chi connectivity index (χ0v) is 11.9. The Morgan fingerprint density at radius 1 is 1.35 bits per heavy atom. The molecule has 1 atom stereocenters. The lowest BCUT2D eigenvalue weighted by atomic mass is 10.1. The van der Waals surface area contributed by atoms with E-state index in [2.05, 4.69) is 5.32 Å². The van der Waals surface area contributed by atoms with Gasteiger partial charge < -0.3 is 14.8 Å². The van der Waals surface area contributed by atoms with Gasteiger partial charge in [0.15, 0.2) is 17.4 Å². The highest BCUT2D eigenvalue weighted by molar-refractivity contribution is 5.31. The van der Waals surface area contributed by atoms with E-state index in [0.717, 1.165) is 12.8 Å². The third-order valence-corrected chi connectivity index (χ3v) is 3.18. The van der Waals surface area contributed by atoms with Crippen molar-refractivity contribution in [2.45, 2.75) is 45.4 Å². The lowest BCUT2D eigenvalue weighted by Crippen LogP contribution is -2.28. The molecular weight excluding hydrogens is 264 g/mol. The summed E-state index contributed by atoms with van der Waals surface area (Å²) < 4.78 is 38.6. The molecule has 0 amide bonds. The van der Waals surface area contributed by atoms with Crippen LogP contribution in [0.5, 0.6) is 5.75 Å². The molecular formula is C15H21F2NO2. The Morgan fingerprint density at radius 2 is 2.05 bits per heavy atom. The van der Waals surface area contributed by atoms with E-state index in [4.69, 9.17) is 9.47 Å². The fourth-order valence-electron chi connectivity index (χ4n) is 2.12. The van der Waals surface area contributed by atoms with E-state index in [0.29, 0.717) is 25.3 Å². The van der Waals surface area contributed by atoms with Crippen LogP contribution in [-0.4, -0.2) is 25.4 Å². The van der Waals surface area contributed by atoms with E-state index in [1.165, 1.54) is 12.1 Å². The third-order valence-electron chi connectivity index (χ3n) is 3.18. The summed E-state index contributed by atoms with van der Waals surface area (Å²) >= 11 is 0. The highest BCUT2D eigenvalue weighted by atomic mass is 19.1. The van der Waals surface area contributed by atoms with Crippen molar-refractivity contribution in [2.75, 3.05) is 13.2 Å². The van der Waals surface area contributed by atoms with Gasteiger partial charge in [0.25, 0.3) is 0 Å². The van der Waals surface area contributed by atoms with Crippen molar-refractivity contribution in [3.05, 3.63) is 29.3 Å². The summed E-state index contributed by atoms with van der Waals surface area (Å²) in [5, 5.41) is 3.12. The van der Waals surface area contributed by atoms with Gasteiger partial charge in [0, 0.05) is 19.2 Å². The molecule has 1 aliphatic rings. The first-order valence-corrected chi connectivity index (χ1v) is 7.02. The van der Waals surface area contributed by atoms with Crippen molar-refractivity contribution in [1.82, 2.24) is 5.32 Å². The average Bonchev–Trinajstić information content (AvgIpc) is 2.42. The molecule has 1 unspecified atom stereocenters. The molecule has 1 N–H and O–H groups in total. The number of benzene rings is 1. The summed E-state index contributed by atoms with van der Waals surface area (Å²) in [4.78, 5) is 0. The predicted molar refractivity (Wildman–Crippen MR) is 72.8 cm³/mol. The van der Waals surface area contributed by atoms with Crippen LogP contribution in [0.15, 0.2) is 12.1 Å². The van der Waals surface area contributed by atoms with Crippen LogP contribution in [-0.2, 0) is 11.3 Å². The van der Waals surface area contributed by atoms with Gasteiger partial charge in [0.2, 0.25) is 0 Å². The number of nitrogens with one attached hydrogen (secondary N) is 1. The Kier molecular flexibility index (Phi) is 5.31. The molecule has 0 aliphatic carbocycles. The Labute approximate surface area is 118 Å². The quantitative estimate of drug-likeness (QED) is 0.902. The largest absolute Gasteiger partial charge is 0.482 e. The normalized spacial score (nSPS) is 19.4. The second-order valence-electron chi connectivity index (χ2n) is 5.38. The van der Waals surface area contributed by atoms with Crippen LogP contribution >= 0.6 is 0 Å². The number of halogens is 2. The van der Waals surface area contributed by atoms with Gasteiger partial charge in [-0.3, -0.25) is 0 Å². The van der Waals surface area contributed by atoms with Crippen molar-refractivity contribution in [2.24, 2.45) is 0 Å². The first-order valence-electron chi connectivity index (χ1n) is 7.02. The number of hydrogen-bond acceptors (Lipinski definition) is 3. The monoisotopic (exact) mass is 285 g/mol. The third kappa shape index (κ3) is 4.15. The topological polar surface area (TPSA) is 30.5 Å². The van der Waals surface area contributed by atoms with Gasteiger partial charge in [0.1, 0.15) is 6.10 Å². The molecule has 112 valence electrons. The van der Waals surface area contributed by atoms with Crippen LogP contribution in [0.4, 0.5) is 8.78 Å². The van der Waals surface area contributed by atoms with Crippen LogP contribution in [0, 0.1) is 11.6 Å². The molecule has 1 aromatic carbocycles. The lowest BCUT2D eigenvalue weighted by Gasteiger charge is -2.23. The van der Waals surface area contributed by atoms with E-state index in [9.17, 15) is 8.78 Å². The molecule has 20 heavy (non-hydrogen) atoms. The molecule has 5 heteroatoms. The van der Waals surface area contributed by atoms with Crippen LogP contribution in [0.1, 0.15) is 32.3 Å². The Hall–Kier alpha value is -1.20. The van der Waals surface area contributed by atoms with Gasteiger partial charge in [-0.05, 0) is 30.5 Å². The zero-order valence-electron chi connectivity index (χ0n) is 11.9. The smallest absolute Gasteiger partial charge is 0.191 e. The number of ether oxygens (including phenoxy) is 2. The minimum absolute atomic E-state index is 0.261. The lowest BCUT2D eigenvalue weighted by molar-refractivity contribution is 0.00418. The highest BCUT2D eigenvalue weighted by Gasteiger charge is 2.20. The van der Waals surface area contributed by atoms with E-state index in [1.807, 2.05) is 13.8 Å². The molecule has 1 saturated heterocycles. The van der Waals surface area contributed by atoms with Gasteiger partial charge in [-0.25, -0.2) is 8.78 Å². The fourth-order valence-corrected chi connectivity index (χ4v) is 2.12. The first-order chi connectivity index (χ1) is 9.56. The van der Waals surface area contributed by atoms with Crippen molar-refractivity contribution >= 4 is 0 Å². The van der Waals surface area contributed by atoms with Crippen LogP contribution in [0.25, 0.3) is 0 Å². The molecule has 1 fully saturated rings. The second-order valence-corrected chi connectivity index (χ2v) is 5.38.